The largest absolute Gasteiger partial charge is 0.480 e. The molecule has 1 aromatic carbocycles. The third-order valence-electron chi connectivity index (χ3n) is 3.61. The lowest BCUT2D eigenvalue weighted by atomic mass is 10.1. The van der Waals surface area contributed by atoms with Crippen LogP contribution in [0.15, 0.2) is 46.0 Å². The van der Waals surface area contributed by atoms with Crippen LogP contribution in [-0.4, -0.2) is 39.8 Å². The molecule has 0 saturated heterocycles. The first kappa shape index (κ1) is 16.0. The van der Waals surface area contributed by atoms with Gasteiger partial charge in [-0.2, -0.15) is 4.31 Å². The molecule has 120 valence electrons. The maximum Gasteiger partial charge on any atom is 0.322 e. The molecule has 0 bridgehead atoms. The first-order chi connectivity index (χ1) is 10.9. The SMILES string of the molecule is O=C(O)C1Cc2nccnc2CN1S(=O)(=O)c1ccc(Br)cc1. The van der Waals surface area contributed by atoms with E-state index >= 15 is 0 Å². The molecule has 0 aliphatic carbocycles. The van der Waals surface area contributed by atoms with E-state index in [-0.39, 0.29) is 17.9 Å². The molecule has 2 heterocycles. The van der Waals surface area contributed by atoms with Crippen molar-refractivity contribution in [2.24, 2.45) is 0 Å². The number of carboxylic acid groups (broad SMARTS) is 1. The number of rotatable bonds is 3. The van der Waals surface area contributed by atoms with Gasteiger partial charge >= 0.3 is 5.97 Å². The lowest BCUT2D eigenvalue weighted by Gasteiger charge is -2.32. The molecule has 1 aromatic heterocycles. The summed E-state index contributed by atoms with van der Waals surface area (Å²) in [6.07, 6.45) is 2.93. The number of benzene rings is 1. The number of carboxylic acids is 1. The highest BCUT2D eigenvalue weighted by atomic mass is 79.9. The van der Waals surface area contributed by atoms with Gasteiger partial charge in [0, 0.05) is 23.3 Å². The molecule has 1 aliphatic heterocycles. The van der Waals surface area contributed by atoms with E-state index in [0.29, 0.717) is 11.4 Å². The summed E-state index contributed by atoms with van der Waals surface area (Å²) in [6, 6.07) is 4.86. The van der Waals surface area contributed by atoms with Crippen molar-refractivity contribution in [3.05, 3.63) is 52.5 Å². The van der Waals surface area contributed by atoms with Gasteiger partial charge in [0.15, 0.2) is 0 Å². The second kappa shape index (κ2) is 5.99. The van der Waals surface area contributed by atoms with Crippen LogP contribution in [0.5, 0.6) is 0 Å². The molecule has 7 nitrogen and oxygen atoms in total. The molecule has 9 heteroatoms. The topological polar surface area (TPSA) is 100 Å². The Kier molecular flexibility index (Phi) is 4.17. The van der Waals surface area contributed by atoms with E-state index in [9.17, 15) is 18.3 Å². The van der Waals surface area contributed by atoms with Crippen LogP contribution in [-0.2, 0) is 27.8 Å². The van der Waals surface area contributed by atoms with Crippen molar-refractivity contribution in [3.63, 3.8) is 0 Å². The minimum Gasteiger partial charge on any atom is -0.480 e. The molecule has 1 atom stereocenters. The van der Waals surface area contributed by atoms with Gasteiger partial charge in [-0.15, -0.1) is 0 Å². The van der Waals surface area contributed by atoms with Crippen LogP contribution in [0.25, 0.3) is 0 Å². The summed E-state index contributed by atoms with van der Waals surface area (Å²) in [5.74, 6) is -1.21. The van der Waals surface area contributed by atoms with Crippen molar-refractivity contribution in [2.45, 2.75) is 23.9 Å². The molecule has 23 heavy (non-hydrogen) atoms. The average molecular weight is 398 g/mol. The van der Waals surface area contributed by atoms with E-state index in [1.807, 2.05) is 0 Å². The minimum absolute atomic E-state index is 0.00569. The van der Waals surface area contributed by atoms with Crippen molar-refractivity contribution in [2.75, 3.05) is 0 Å². The molecule has 1 N–H and O–H groups in total. The predicted octanol–water partition coefficient (Wildman–Crippen LogP) is 1.44. The van der Waals surface area contributed by atoms with Crippen LogP contribution in [0, 0.1) is 0 Å². The zero-order chi connectivity index (χ0) is 16.6. The molecule has 2 aromatic rings. The Hall–Kier alpha value is -1.84. The van der Waals surface area contributed by atoms with Crippen LogP contribution >= 0.6 is 15.9 Å². The van der Waals surface area contributed by atoms with Gasteiger partial charge < -0.3 is 5.11 Å². The Morgan fingerprint density at radius 3 is 2.39 bits per heavy atom. The Morgan fingerprint density at radius 1 is 1.17 bits per heavy atom. The molecule has 0 fully saturated rings. The van der Waals surface area contributed by atoms with Crippen molar-refractivity contribution in [1.82, 2.24) is 14.3 Å². The molecular weight excluding hydrogens is 386 g/mol. The number of hydrogen-bond donors (Lipinski definition) is 1. The molecule has 0 radical (unpaired) electrons. The third-order valence-corrected chi connectivity index (χ3v) is 6.00. The summed E-state index contributed by atoms with van der Waals surface area (Å²) in [6.45, 7) is -0.113. The van der Waals surface area contributed by atoms with E-state index < -0.39 is 22.0 Å². The lowest BCUT2D eigenvalue weighted by molar-refractivity contribution is -0.141. The summed E-state index contributed by atoms with van der Waals surface area (Å²) >= 11 is 3.24. The summed E-state index contributed by atoms with van der Waals surface area (Å²) < 4.78 is 27.3. The van der Waals surface area contributed by atoms with E-state index in [4.69, 9.17) is 0 Å². The van der Waals surface area contributed by atoms with E-state index in [1.165, 1.54) is 24.5 Å². The maximum atomic E-state index is 12.8. The predicted molar refractivity (Wildman–Crippen MR) is 84.0 cm³/mol. The summed E-state index contributed by atoms with van der Waals surface area (Å²) in [5.41, 5.74) is 0.993. The number of sulfonamides is 1. The van der Waals surface area contributed by atoms with Gasteiger partial charge in [-0.3, -0.25) is 14.8 Å². The molecule has 1 unspecified atom stereocenters. The minimum atomic E-state index is -3.95. The van der Waals surface area contributed by atoms with Gasteiger partial charge in [0.25, 0.3) is 0 Å². The van der Waals surface area contributed by atoms with Crippen LogP contribution in [0.4, 0.5) is 0 Å². The van der Waals surface area contributed by atoms with Gasteiger partial charge in [-0.1, -0.05) is 15.9 Å². The summed E-state index contributed by atoms with van der Waals surface area (Å²) in [5, 5.41) is 9.43. The number of aromatic nitrogens is 2. The molecule has 0 spiro atoms. The average Bonchev–Trinajstić information content (AvgIpc) is 2.54. The third kappa shape index (κ3) is 2.99. The molecule has 1 aliphatic rings. The van der Waals surface area contributed by atoms with Gasteiger partial charge in [0.1, 0.15) is 6.04 Å². The fourth-order valence-corrected chi connectivity index (χ4v) is 4.25. The summed E-state index contributed by atoms with van der Waals surface area (Å²) in [7, 11) is -3.95. The van der Waals surface area contributed by atoms with Crippen LogP contribution in [0.3, 0.4) is 0 Å². The number of aliphatic carboxylic acids is 1. The Labute approximate surface area is 141 Å². The number of nitrogens with zero attached hydrogens (tertiary/aromatic N) is 3. The highest BCUT2D eigenvalue weighted by molar-refractivity contribution is 9.10. The van der Waals surface area contributed by atoms with E-state index in [0.717, 1.165) is 8.78 Å². The second-order valence-electron chi connectivity index (χ2n) is 5.01. The van der Waals surface area contributed by atoms with Gasteiger partial charge in [-0.25, -0.2) is 8.42 Å². The normalized spacial score (nSPS) is 18.4. The van der Waals surface area contributed by atoms with Gasteiger partial charge in [-0.05, 0) is 24.3 Å². The van der Waals surface area contributed by atoms with Crippen LogP contribution in [0.1, 0.15) is 11.4 Å². The number of fused-ring (bicyclic) bond motifs is 1. The van der Waals surface area contributed by atoms with Crippen LogP contribution in [0.2, 0.25) is 0 Å². The molecule has 0 amide bonds. The second-order valence-corrected chi connectivity index (χ2v) is 7.82. The Balaban J connectivity index is 2.05. The van der Waals surface area contributed by atoms with Crippen molar-refractivity contribution < 1.29 is 18.3 Å². The monoisotopic (exact) mass is 397 g/mol. The summed E-state index contributed by atoms with van der Waals surface area (Å²) in [4.78, 5) is 19.8. The first-order valence-corrected chi connectivity index (χ1v) is 8.92. The number of halogens is 1. The Morgan fingerprint density at radius 2 is 1.78 bits per heavy atom. The van der Waals surface area contributed by atoms with Gasteiger partial charge in [0.2, 0.25) is 10.0 Å². The first-order valence-electron chi connectivity index (χ1n) is 6.68. The fourth-order valence-electron chi connectivity index (χ4n) is 2.45. The number of hydrogen-bond acceptors (Lipinski definition) is 5. The Bertz CT molecular complexity index is 855. The molecular formula is C14H12BrN3O4S. The van der Waals surface area contributed by atoms with Gasteiger partial charge in [0.05, 0.1) is 22.8 Å². The molecule has 3 rings (SSSR count). The highest BCUT2D eigenvalue weighted by Gasteiger charge is 2.40. The number of carbonyl (C=O) groups is 1. The van der Waals surface area contributed by atoms with Crippen molar-refractivity contribution in [1.29, 1.82) is 0 Å². The quantitative estimate of drug-likeness (QED) is 0.840. The van der Waals surface area contributed by atoms with E-state index in [2.05, 4.69) is 25.9 Å². The van der Waals surface area contributed by atoms with Crippen LogP contribution < -0.4 is 0 Å². The van der Waals surface area contributed by atoms with Crippen molar-refractivity contribution in [3.8, 4) is 0 Å². The van der Waals surface area contributed by atoms with Crippen molar-refractivity contribution >= 4 is 31.9 Å². The zero-order valence-electron chi connectivity index (χ0n) is 11.8. The molecule has 0 saturated carbocycles. The highest BCUT2D eigenvalue weighted by Crippen LogP contribution is 2.28. The zero-order valence-corrected chi connectivity index (χ0v) is 14.2. The fraction of sp³-hybridized carbons (Fsp3) is 0.214. The lowest BCUT2D eigenvalue weighted by Crippen LogP contribution is -2.49. The maximum absolute atomic E-state index is 12.8. The standard InChI is InChI=1S/C14H12BrN3O4S/c15-9-1-3-10(4-2-9)23(21,22)18-8-12-11(16-5-6-17-12)7-13(18)14(19)20/h1-6,13H,7-8H2,(H,19,20). The smallest absolute Gasteiger partial charge is 0.322 e. The van der Waals surface area contributed by atoms with E-state index in [1.54, 1.807) is 12.1 Å².